The minimum atomic E-state index is -0.254. The average Bonchev–Trinajstić information content (AvgIpc) is 2.71. The predicted molar refractivity (Wildman–Crippen MR) is 102 cm³/mol. The van der Waals surface area contributed by atoms with Crippen molar-refractivity contribution in [1.82, 2.24) is 30.0 Å². The standard InChI is InChI=1S/C18H25N7O2/c1-2-9-25-16(26)5-4-15(22-25)17(27)19-8-10-23-11-13-24(14-12-23)18-20-6-3-7-21-18/h3-7H,2,8-14H2,1H3,(H,19,27). The SMILES string of the molecule is CCCn1nc(C(=O)NCCN2CCN(c3ncccn3)CC2)ccc1=O. The summed E-state index contributed by atoms with van der Waals surface area (Å²) in [4.78, 5) is 37.0. The number of nitrogens with one attached hydrogen (secondary N) is 1. The Morgan fingerprint density at radius 1 is 1.11 bits per heavy atom. The summed E-state index contributed by atoms with van der Waals surface area (Å²) < 4.78 is 1.33. The van der Waals surface area contributed by atoms with Crippen LogP contribution in [-0.2, 0) is 6.54 Å². The van der Waals surface area contributed by atoms with Crippen molar-refractivity contribution in [2.75, 3.05) is 44.2 Å². The lowest BCUT2D eigenvalue weighted by molar-refractivity contribution is 0.0940. The summed E-state index contributed by atoms with van der Waals surface area (Å²) >= 11 is 0. The van der Waals surface area contributed by atoms with Crippen molar-refractivity contribution in [3.63, 3.8) is 0 Å². The topological polar surface area (TPSA) is 96.2 Å². The molecule has 1 aliphatic rings. The highest BCUT2D eigenvalue weighted by Crippen LogP contribution is 2.09. The highest BCUT2D eigenvalue weighted by molar-refractivity contribution is 5.91. The Kier molecular flexibility index (Phi) is 6.48. The zero-order chi connectivity index (χ0) is 19.1. The second-order valence-corrected chi connectivity index (χ2v) is 6.41. The van der Waals surface area contributed by atoms with E-state index in [9.17, 15) is 9.59 Å². The largest absolute Gasteiger partial charge is 0.349 e. The summed E-state index contributed by atoms with van der Waals surface area (Å²) in [5, 5.41) is 7.01. The van der Waals surface area contributed by atoms with Crippen LogP contribution in [-0.4, -0.2) is 69.8 Å². The van der Waals surface area contributed by atoms with Gasteiger partial charge in [0.05, 0.1) is 0 Å². The van der Waals surface area contributed by atoms with E-state index >= 15 is 0 Å². The number of aromatic nitrogens is 4. The molecule has 2 aromatic rings. The van der Waals surface area contributed by atoms with Crippen LogP contribution in [0.15, 0.2) is 35.4 Å². The van der Waals surface area contributed by atoms with Gasteiger partial charge >= 0.3 is 0 Å². The molecule has 1 saturated heterocycles. The molecule has 0 spiro atoms. The van der Waals surface area contributed by atoms with Gasteiger partial charge in [-0.05, 0) is 18.6 Å². The van der Waals surface area contributed by atoms with Gasteiger partial charge in [0.1, 0.15) is 5.69 Å². The molecule has 0 atom stereocenters. The van der Waals surface area contributed by atoms with Gasteiger partial charge in [0.15, 0.2) is 0 Å². The van der Waals surface area contributed by atoms with Crippen LogP contribution >= 0.6 is 0 Å². The van der Waals surface area contributed by atoms with Gasteiger partial charge in [-0.2, -0.15) is 5.10 Å². The normalized spacial score (nSPS) is 14.9. The highest BCUT2D eigenvalue weighted by atomic mass is 16.2. The second-order valence-electron chi connectivity index (χ2n) is 6.41. The fourth-order valence-corrected chi connectivity index (χ4v) is 2.99. The number of piperazine rings is 1. The quantitative estimate of drug-likeness (QED) is 0.731. The monoisotopic (exact) mass is 371 g/mol. The molecule has 144 valence electrons. The van der Waals surface area contributed by atoms with E-state index in [1.807, 2.05) is 13.0 Å². The van der Waals surface area contributed by atoms with Gasteiger partial charge in [0.25, 0.3) is 11.5 Å². The summed E-state index contributed by atoms with van der Waals surface area (Å²) in [5.74, 6) is 0.509. The van der Waals surface area contributed by atoms with E-state index < -0.39 is 0 Å². The molecular weight excluding hydrogens is 346 g/mol. The third-order valence-electron chi connectivity index (χ3n) is 4.46. The molecule has 0 saturated carbocycles. The molecule has 1 fully saturated rings. The predicted octanol–water partition coefficient (Wildman–Crippen LogP) is -0.00470. The molecule has 2 aromatic heterocycles. The highest BCUT2D eigenvalue weighted by Gasteiger charge is 2.18. The minimum Gasteiger partial charge on any atom is -0.349 e. The Morgan fingerprint density at radius 3 is 2.56 bits per heavy atom. The minimum absolute atomic E-state index is 0.186. The van der Waals surface area contributed by atoms with Crippen molar-refractivity contribution in [2.45, 2.75) is 19.9 Å². The summed E-state index contributed by atoms with van der Waals surface area (Å²) in [6.07, 6.45) is 4.29. The van der Waals surface area contributed by atoms with Gasteiger partial charge < -0.3 is 10.2 Å². The van der Waals surface area contributed by atoms with Crippen LogP contribution in [0.2, 0.25) is 0 Å². The van der Waals surface area contributed by atoms with Gasteiger partial charge in [-0.1, -0.05) is 6.92 Å². The van der Waals surface area contributed by atoms with Crippen molar-refractivity contribution in [2.24, 2.45) is 0 Å². The van der Waals surface area contributed by atoms with E-state index in [1.54, 1.807) is 12.4 Å². The van der Waals surface area contributed by atoms with E-state index in [-0.39, 0.29) is 17.2 Å². The Hall–Kier alpha value is -2.81. The van der Waals surface area contributed by atoms with Crippen LogP contribution in [0.4, 0.5) is 5.95 Å². The maximum Gasteiger partial charge on any atom is 0.271 e. The van der Waals surface area contributed by atoms with Crippen LogP contribution < -0.4 is 15.8 Å². The van der Waals surface area contributed by atoms with E-state index in [1.165, 1.54) is 16.8 Å². The number of hydrogen-bond acceptors (Lipinski definition) is 7. The first-order valence-electron chi connectivity index (χ1n) is 9.28. The lowest BCUT2D eigenvalue weighted by atomic mass is 10.3. The zero-order valence-corrected chi connectivity index (χ0v) is 15.5. The molecule has 27 heavy (non-hydrogen) atoms. The second kappa shape index (κ2) is 9.22. The van der Waals surface area contributed by atoms with Gasteiger partial charge in [0.2, 0.25) is 5.95 Å². The molecule has 9 nitrogen and oxygen atoms in total. The first-order valence-corrected chi connectivity index (χ1v) is 9.28. The fraction of sp³-hybridized carbons (Fsp3) is 0.500. The van der Waals surface area contributed by atoms with Crippen LogP contribution in [0.5, 0.6) is 0 Å². The lowest BCUT2D eigenvalue weighted by Gasteiger charge is -2.34. The molecular formula is C18H25N7O2. The third-order valence-corrected chi connectivity index (χ3v) is 4.46. The number of hydrogen-bond donors (Lipinski definition) is 1. The third kappa shape index (κ3) is 5.10. The maximum absolute atomic E-state index is 12.3. The van der Waals surface area contributed by atoms with Crippen molar-refractivity contribution >= 4 is 11.9 Å². The molecule has 0 radical (unpaired) electrons. The molecule has 3 heterocycles. The van der Waals surface area contributed by atoms with E-state index in [0.29, 0.717) is 13.1 Å². The summed E-state index contributed by atoms with van der Waals surface area (Å²) in [6.45, 7) is 7.30. The van der Waals surface area contributed by atoms with Crippen molar-refractivity contribution in [3.8, 4) is 0 Å². The number of aryl methyl sites for hydroxylation is 1. The Labute approximate surface area is 158 Å². The van der Waals surface area contributed by atoms with E-state index in [0.717, 1.165) is 45.1 Å². The Balaban J connectivity index is 1.43. The zero-order valence-electron chi connectivity index (χ0n) is 15.5. The van der Waals surface area contributed by atoms with Gasteiger partial charge in [-0.3, -0.25) is 14.5 Å². The molecule has 1 aliphatic heterocycles. The molecule has 0 unspecified atom stereocenters. The molecule has 3 rings (SSSR count). The smallest absolute Gasteiger partial charge is 0.271 e. The average molecular weight is 371 g/mol. The summed E-state index contributed by atoms with van der Waals surface area (Å²) in [5.41, 5.74) is 0.0859. The Morgan fingerprint density at radius 2 is 1.85 bits per heavy atom. The first-order chi connectivity index (χ1) is 13.2. The maximum atomic E-state index is 12.3. The van der Waals surface area contributed by atoms with Crippen molar-refractivity contribution in [1.29, 1.82) is 0 Å². The fourth-order valence-electron chi connectivity index (χ4n) is 2.99. The van der Waals surface area contributed by atoms with Crippen LogP contribution in [0.1, 0.15) is 23.8 Å². The van der Waals surface area contributed by atoms with Gasteiger partial charge in [-0.15, -0.1) is 0 Å². The number of carbonyl (C=O) groups is 1. The number of carbonyl (C=O) groups excluding carboxylic acids is 1. The summed E-state index contributed by atoms with van der Waals surface area (Å²) in [6, 6.07) is 4.68. The van der Waals surface area contributed by atoms with Gasteiger partial charge in [-0.25, -0.2) is 14.6 Å². The number of rotatable bonds is 7. The number of amides is 1. The molecule has 9 heteroatoms. The van der Waals surface area contributed by atoms with Crippen LogP contribution in [0.3, 0.4) is 0 Å². The first kappa shape index (κ1) is 19.0. The number of nitrogens with zero attached hydrogens (tertiary/aromatic N) is 6. The van der Waals surface area contributed by atoms with Crippen molar-refractivity contribution in [3.05, 3.63) is 46.6 Å². The molecule has 0 bridgehead atoms. The summed E-state index contributed by atoms with van der Waals surface area (Å²) in [7, 11) is 0. The number of anilines is 1. The molecule has 0 aromatic carbocycles. The van der Waals surface area contributed by atoms with Crippen molar-refractivity contribution < 1.29 is 4.79 Å². The van der Waals surface area contributed by atoms with E-state index in [2.05, 4.69) is 30.2 Å². The Bertz CT molecular complexity index is 801. The van der Waals surface area contributed by atoms with Crippen LogP contribution in [0.25, 0.3) is 0 Å². The molecule has 0 aliphatic carbocycles. The lowest BCUT2D eigenvalue weighted by Crippen LogP contribution is -2.49. The molecule has 1 N–H and O–H groups in total. The molecule has 1 amide bonds. The van der Waals surface area contributed by atoms with Crippen LogP contribution in [0, 0.1) is 0 Å². The van der Waals surface area contributed by atoms with E-state index in [4.69, 9.17) is 0 Å². The van der Waals surface area contributed by atoms with Gasteiger partial charge in [0, 0.05) is 64.3 Å².